The lowest BCUT2D eigenvalue weighted by molar-refractivity contribution is 0.620. The van der Waals surface area contributed by atoms with Crippen molar-refractivity contribution >= 4 is 28.2 Å². The predicted octanol–water partition coefficient (Wildman–Crippen LogP) is 9.57. The fourth-order valence-corrected chi connectivity index (χ4v) is 5.03. The molecule has 0 atom stereocenters. The van der Waals surface area contributed by atoms with Gasteiger partial charge >= 0.3 is 0 Å². The molecule has 0 fully saturated rings. The monoisotopic (exact) mass is 540 g/mol. The quantitative estimate of drug-likeness (QED) is 0.210. The van der Waals surface area contributed by atoms with Crippen LogP contribution in [0.15, 0.2) is 150 Å². The number of benzene rings is 5. The highest BCUT2D eigenvalue weighted by Crippen LogP contribution is 2.37. The first kappa shape index (κ1) is 25.0. The molecule has 0 radical (unpaired) electrons. The summed E-state index contributed by atoms with van der Waals surface area (Å²) >= 11 is 0. The second-order valence-electron chi connectivity index (χ2n) is 9.87. The summed E-state index contributed by atoms with van der Waals surface area (Å²) in [6.45, 7) is 0. The van der Waals surface area contributed by atoms with Crippen LogP contribution in [0.2, 0.25) is 0 Å². The second kappa shape index (κ2) is 10.9. The number of nitriles is 1. The lowest BCUT2D eigenvalue weighted by atomic mass is 10.0. The molecule has 198 valence electrons. The van der Waals surface area contributed by atoms with Crippen LogP contribution in [0.5, 0.6) is 0 Å². The first-order valence-corrected chi connectivity index (χ1v) is 13.6. The van der Waals surface area contributed by atoms with Crippen LogP contribution in [0, 0.1) is 11.3 Å². The largest absolute Gasteiger partial charge is 0.436 e. The Morgan fingerprint density at radius 1 is 0.548 bits per heavy atom. The molecule has 0 unspecified atom stereocenters. The van der Waals surface area contributed by atoms with Gasteiger partial charge in [0.25, 0.3) is 0 Å². The molecule has 0 aliphatic carbocycles. The van der Waals surface area contributed by atoms with Crippen LogP contribution >= 0.6 is 0 Å². The van der Waals surface area contributed by atoms with Crippen LogP contribution in [-0.2, 0) is 0 Å². The van der Waals surface area contributed by atoms with Gasteiger partial charge in [-0.3, -0.25) is 4.98 Å². The predicted molar refractivity (Wildman–Crippen MR) is 168 cm³/mol. The molecule has 2 aromatic heterocycles. The number of rotatable bonds is 6. The van der Waals surface area contributed by atoms with E-state index in [1.165, 1.54) is 5.56 Å². The van der Waals surface area contributed by atoms with Crippen LogP contribution in [0.1, 0.15) is 5.56 Å². The van der Waals surface area contributed by atoms with Crippen LogP contribution < -0.4 is 4.90 Å². The first-order valence-electron chi connectivity index (χ1n) is 13.6. The van der Waals surface area contributed by atoms with Gasteiger partial charge in [-0.05, 0) is 83.9 Å². The van der Waals surface area contributed by atoms with E-state index in [1.54, 1.807) is 0 Å². The zero-order valence-electron chi connectivity index (χ0n) is 22.6. The molecule has 0 saturated heterocycles. The molecular formula is C37H24N4O. The third kappa shape index (κ3) is 4.90. The number of para-hydroxylation sites is 2. The number of nitrogens with zero attached hydrogens (tertiary/aromatic N) is 4. The third-order valence-corrected chi connectivity index (χ3v) is 7.21. The maximum absolute atomic E-state index is 9.13. The Hall–Kier alpha value is -5.99. The number of oxazole rings is 1. The van der Waals surface area contributed by atoms with E-state index in [9.17, 15) is 0 Å². The van der Waals surface area contributed by atoms with Gasteiger partial charge in [-0.2, -0.15) is 5.26 Å². The number of anilines is 3. The molecule has 0 aliphatic heterocycles. The van der Waals surface area contributed by atoms with E-state index in [2.05, 4.69) is 82.7 Å². The molecule has 0 bridgehead atoms. The molecule has 7 aromatic rings. The van der Waals surface area contributed by atoms with Crippen LogP contribution in [-0.4, -0.2) is 9.97 Å². The number of aromatic nitrogens is 2. The summed E-state index contributed by atoms with van der Waals surface area (Å²) < 4.78 is 6.00. The van der Waals surface area contributed by atoms with Crippen molar-refractivity contribution in [2.45, 2.75) is 0 Å². The maximum Gasteiger partial charge on any atom is 0.227 e. The topological polar surface area (TPSA) is 66.0 Å². The van der Waals surface area contributed by atoms with Gasteiger partial charge in [0.15, 0.2) is 5.58 Å². The zero-order chi connectivity index (χ0) is 28.3. The lowest BCUT2D eigenvalue weighted by Gasteiger charge is -2.25. The van der Waals surface area contributed by atoms with E-state index in [0.29, 0.717) is 11.5 Å². The summed E-state index contributed by atoms with van der Waals surface area (Å²) in [5.74, 6) is 0.593. The van der Waals surface area contributed by atoms with Crippen LogP contribution in [0.4, 0.5) is 17.1 Å². The van der Waals surface area contributed by atoms with Crippen molar-refractivity contribution in [1.29, 1.82) is 5.26 Å². The van der Waals surface area contributed by atoms with Gasteiger partial charge in [0.2, 0.25) is 5.89 Å². The van der Waals surface area contributed by atoms with Gasteiger partial charge in [-0.1, -0.05) is 66.7 Å². The van der Waals surface area contributed by atoms with E-state index >= 15 is 0 Å². The maximum atomic E-state index is 9.13. The fourth-order valence-electron chi connectivity index (χ4n) is 5.03. The Kier molecular flexibility index (Phi) is 6.48. The molecule has 5 aromatic carbocycles. The van der Waals surface area contributed by atoms with Crippen molar-refractivity contribution in [3.05, 3.63) is 151 Å². The standard InChI is InChI=1S/C37H24N4O/c38-24-26-10-12-29(13-11-26)34-23-22-33(25-39-34)41(31-18-14-28(15-19-31)27-6-2-1-3-7-27)32-20-16-30(17-21-32)37-40-35-8-4-5-9-36(35)42-37/h1-23,25H. The lowest BCUT2D eigenvalue weighted by Crippen LogP contribution is -2.10. The van der Waals surface area contributed by atoms with Crippen LogP contribution in [0.25, 0.3) is 44.9 Å². The zero-order valence-corrected chi connectivity index (χ0v) is 22.6. The van der Waals surface area contributed by atoms with E-state index < -0.39 is 0 Å². The van der Waals surface area contributed by atoms with Gasteiger partial charge in [-0.15, -0.1) is 0 Å². The molecule has 0 amide bonds. The Labute approximate surface area is 243 Å². The van der Waals surface area contributed by atoms with Crippen molar-refractivity contribution in [2.75, 3.05) is 4.90 Å². The molecule has 7 rings (SSSR count). The molecule has 0 saturated carbocycles. The number of pyridine rings is 1. The van der Waals surface area contributed by atoms with Crippen molar-refractivity contribution in [1.82, 2.24) is 9.97 Å². The first-order chi connectivity index (χ1) is 20.7. The minimum atomic E-state index is 0.593. The average molecular weight is 541 g/mol. The van der Waals surface area contributed by atoms with Crippen LogP contribution in [0.3, 0.4) is 0 Å². The highest BCUT2D eigenvalue weighted by atomic mass is 16.3. The Balaban J connectivity index is 1.25. The van der Waals surface area contributed by atoms with Gasteiger partial charge in [0.05, 0.1) is 29.2 Å². The molecule has 0 N–H and O–H groups in total. The highest BCUT2D eigenvalue weighted by Gasteiger charge is 2.15. The normalized spacial score (nSPS) is 10.8. The smallest absolute Gasteiger partial charge is 0.227 e. The highest BCUT2D eigenvalue weighted by molar-refractivity contribution is 5.81. The minimum absolute atomic E-state index is 0.593. The van der Waals surface area contributed by atoms with E-state index in [1.807, 2.05) is 79.0 Å². The molecule has 42 heavy (non-hydrogen) atoms. The summed E-state index contributed by atoms with van der Waals surface area (Å²) in [6, 6.07) is 48.6. The van der Waals surface area contributed by atoms with E-state index in [0.717, 1.165) is 50.5 Å². The van der Waals surface area contributed by atoms with Crippen molar-refractivity contribution in [3.8, 4) is 39.9 Å². The molecule has 5 heteroatoms. The molecule has 5 nitrogen and oxygen atoms in total. The average Bonchev–Trinajstić information content (AvgIpc) is 3.51. The molecule has 0 spiro atoms. The number of fused-ring (bicyclic) bond motifs is 1. The van der Waals surface area contributed by atoms with E-state index in [-0.39, 0.29) is 0 Å². The summed E-state index contributed by atoms with van der Waals surface area (Å²) in [5, 5.41) is 9.13. The fraction of sp³-hybridized carbons (Fsp3) is 0. The molecular weight excluding hydrogens is 516 g/mol. The summed E-state index contributed by atoms with van der Waals surface area (Å²) in [6.07, 6.45) is 1.88. The molecule has 0 aliphatic rings. The summed E-state index contributed by atoms with van der Waals surface area (Å²) in [5.41, 5.74) is 10.2. The van der Waals surface area contributed by atoms with Crippen molar-refractivity contribution in [2.24, 2.45) is 0 Å². The number of hydrogen-bond acceptors (Lipinski definition) is 5. The van der Waals surface area contributed by atoms with Gasteiger partial charge in [-0.25, -0.2) is 4.98 Å². The van der Waals surface area contributed by atoms with Gasteiger partial charge in [0.1, 0.15) is 5.52 Å². The summed E-state index contributed by atoms with van der Waals surface area (Å²) in [7, 11) is 0. The Morgan fingerprint density at radius 3 is 1.79 bits per heavy atom. The van der Waals surface area contributed by atoms with E-state index in [4.69, 9.17) is 14.7 Å². The van der Waals surface area contributed by atoms with Gasteiger partial charge < -0.3 is 9.32 Å². The van der Waals surface area contributed by atoms with Gasteiger partial charge in [0, 0.05) is 22.5 Å². The van der Waals surface area contributed by atoms with Crippen molar-refractivity contribution in [3.63, 3.8) is 0 Å². The molecule has 2 heterocycles. The third-order valence-electron chi connectivity index (χ3n) is 7.21. The Bertz CT molecular complexity index is 1970. The SMILES string of the molecule is N#Cc1ccc(-c2ccc(N(c3ccc(-c4ccccc4)cc3)c3ccc(-c4nc5ccccc5o4)cc3)cn2)cc1. The van der Waals surface area contributed by atoms with Crippen molar-refractivity contribution < 1.29 is 4.42 Å². The second-order valence-corrected chi connectivity index (χ2v) is 9.87. The minimum Gasteiger partial charge on any atom is -0.436 e. The number of hydrogen-bond donors (Lipinski definition) is 0. The Morgan fingerprint density at radius 2 is 1.14 bits per heavy atom. The summed E-state index contributed by atoms with van der Waals surface area (Å²) in [4.78, 5) is 11.6.